The van der Waals surface area contributed by atoms with Crippen molar-refractivity contribution in [2.45, 2.75) is 154 Å². The van der Waals surface area contributed by atoms with Gasteiger partial charge < -0.3 is 42.2 Å². The Morgan fingerprint density at radius 3 is 1.25 bits per heavy atom. The van der Waals surface area contributed by atoms with Crippen molar-refractivity contribution in [1.29, 1.82) is 0 Å². The minimum Gasteiger partial charge on any atom is -0.493 e. The molecule has 0 unspecified atom stereocenters. The predicted octanol–water partition coefficient (Wildman–Crippen LogP) is 8.18. The van der Waals surface area contributed by atoms with Crippen LogP contribution < -0.4 is 32.4 Å². The molecular weight excluding hydrogens is 701 g/mol. The number of nitrogens with two attached hydrogens (primary N) is 4. The van der Waals surface area contributed by atoms with Gasteiger partial charge in [0.15, 0.2) is 0 Å². The first-order valence-electron chi connectivity index (χ1n) is 22.3. The van der Waals surface area contributed by atoms with Crippen LogP contribution in [0.25, 0.3) is 11.1 Å². The van der Waals surface area contributed by atoms with Crippen LogP contribution in [0.3, 0.4) is 0 Å². The van der Waals surface area contributed by atoms with Crippen LogP contribution in [0.2, 0.25) is 0 Å². The van der Waals surface area contributed by atoms with Crippen LogP contribution in [0.4, 0.5) is 0 Å². The van der Waals surface area contributed by atoms with Gasteiger partial charge in [0, 0.05) is 37.3 Å². The molecule has 0 heterocycles. The van der Waals surface area contributed by atoms with Crippen LogP contribution in [0.1, 0.15) is 142 Å². The molecule has 0 aliphatic heterocycles. The molecule has 318 valence electrons. The molecule has 0 fully saturated rings. The zero-order chi connectivity index (χ0) is 40.6. The molecule has 2 aromatic carbocycles. The van der Waals surface area contributed by atoms with Crippen molar-refractivity contribution in [1.82, 2.24) is 9.80 Å². The molecule has 0 bridgehead atoms. The Bertz CT molecular complexity index is 1200. The molecule has 2 amide bonds. The fourth-order valence-electron chi connectivity index (χ4n) is 7.07. The molecule has 0 saturated heterocycles. The molecule has 0 aromatic heterocycles. The smallest absolute Gasteiger partial charge is 0.239 e. The first kappa shape index (κ1) is 49.0. The summed E-state index contributed by atoms with van der Waals surface area (Å²) in [6, 6.07) is 15.1. The lowest BCUT2D eigenvalue weighted by molar-refractivity contribution is -0.133. The van der Waals surface area contributed by atoms with Gasteiger partial charge in [-0.1, -0.05) is 127 Å². The van der Waals surface area contributed by atoms with Crippen LogP contribution >= 0.6 is 0 Å². The average Bonchev–Trinajstić information content (AvgIpc) is 3.21. The Morgan fingerprint density at radius 2 is 0.857 bits per heavy atom. The Morgan fingerprint density at radius 1 is 0.500 bits per heavy atom. The van der Waals surface area contributed by atoms with E-state index in [0.29, 0.717) is 65.1 Å². The van der Waals surface area contributed by atoms with Gasteiger partial charge in [-0.2, -0.15) is 0 Å². The minimum atomic E-state index is -0.493. The van der Waals surface area contributed by atoms with Gasteiger partial charge in [0.2, 0.25) is 11.8 Å². The van der Waals surface area contributed by atoms with Gasteiger partial charge >= 0.3 is 0 Å². The molecule has 10 nitrogen and oxygen atoms in total. The van der Waals surface area contributed by atoms with E-state index >= 15 is 0 Å². The number of amides is 2. The van der Waals surface area contributed by atoms with Gasteiger partial charge in [-0.25, -0.2) is 0 Å². The van der Waals surface area contributed by atoms with Crippen molar-refractivity contribution >= 4 is 11.8 Å². The number of para-hydroxylation sites is 2. The molecule has 2 rings (SSSR count). The highest BCUT2D eigenvalue weighted by molar-refractivity contribution is 5.82. The Kier molecular flexibility index (Phi) is 27.9. The van der Waals surface area contributed by atoms with Crippen molar-refractivity contribution < 1.29 is 19.1 Å². The normalized spacial score (nSPS) is 12.3. The van der Waals surface area contributed by atoms with Gasteiger partial charge in [0.1, 0.15) is 11.5 Å². The molecule has 10 heteroatoms. The fraction of sp³-hybridized carbons (Fsp3) is 0.696. The van der Waals surface area contributed by atoms with Gasteiger partial charge in [-0.05, 0) is 76.6 Å². The number of ether oxygens (including phenoxy) is 2. The van der Waals surface area contributed by atoms with Gasteiger partial charge in [0.05, 0.1) is 25.3 Å². The number of unbranched alkanes of at least 4 members (excludes halogenated alkanes) is 12. The highest BCUT2D eigenvalue weighted by Gasteiger charge is 2.22. The van der Waals surface area contributed by atoms with E-state index in [-0.39, 0.29) is 11.8 Å². The molecule has 0 radical (unpaired) electrons. The largest absolute Gasteiger partial charge is 0.493 e. The molecule has 2 atom stereocenters. The summed E-state index contributed by atoms with van der Waals surface area (Å²) in [5.74, 6) is 1.61. The summed E-state index contributed by atoms with van der Waals surface area (Å²) in [7, 11) is 0. The molecule has 56 heavy (non-hydrogen) atoms. The summed E-state index contributed by atoms with van der Waals surface area (Å²) < 4.78 is 12.8. The maximum absolute atomic E-state index is 13.4. The Balaban J connectivity index is 2.01. The third-order valence-electron chi connectivity index (χ3n) is 10.5. The van der Waals surface area contributed by atoms with Crippen molar-refractivity contribution in [2.24, 2.45) is 22.9 Å². The van der Waals surface area contributed by atoms with E-state index in [4.69, 9.17) is 32.4 Å². The molecular formula is C46H80N6O4. The SMILES string of the molecule is CCCCCCCCN(CCCOc1ccccc1-c1ccccc1OCCCN(CCCCCCCC)C(=O)[C@@H](N)CCCCN)C(=O)[C@@H](N)CCCCN. The standard InChI is InChI=1S/C46H80N6O4/c1-3-5-7-9-11-21-33-51(45(53)41(49)27-17-19-31-47)35-23-37-55-43-29-15-13-25-39(43)40-26-14-16-30-44(40)56-38-24-36-52(34-22-12-10-8-6-4-2)46(54)42(50)28-18-20-32-48/h13-16,25-26,29-30,41-42H,3-12,17-24,27-28,31-38,47-50H2,1-2H3/t41-,42-/m0/s1. The predicted molar refractivity (Wildman–Crippen MR) is 234 cm³/mol. The lowest BCUT2D eigenvalue weighted by Crippen LogP contribution is -2.45. The lowest BCUT2D eigenvalue weighted by atomic mass is 10.0. The number of nitrogens with zero attached hydrogens (tertiary/aromatic N) is 2. The molecule has 0 saturated carbocycles. The van der Waals surface area contributed by atoms with Crippen LogP contribution in [-0.2, 0) is 9.59 Å². The fourth-order valence-corrected chi connectivity index (χ4v) is 7.07. The van der Waals surface area contributed by atoms with E-state index in [2.05, 4.69) is 26.0 Å². The number of benzene rings is 2. The second-order valence-corrected chi connectivity index (χ2v) is 15.4. The highest BCUT2D eigenvalue weighted by Crippen LogP contribution is 2.36. The Labute approximate surface area is 340 Å². The average molecular weight is 781 g/mol. The number of hydrogen-bond acceptors (Lipinski definition) is 8. The number of carbonyl (C=O) groups is 2. The lowest BCUT2D eigenvalue weighted by Gasteiger charge is -2.26. The summed E-state index contributed by atoms with van der Waals surface area (Å²) in [6.07, 6.45) is 20.3. The molecule has 0 aliphatic rings. The van der Waals surface area contributed by atoms with Crippen LogP contribution in [-0.4, -0.2) is 86.2 Å². The number of carbonyl (C=O) groups excluding carboxylic acids is 2. The van der Waals surface area contributed by atoms with Crippen LogP contribution in [0.15, 0.2) is 48.5 Å². The second kappa shape index (κ2) is 31.9. The van der Waals surface area contributed by atoms with E-state index in [1.165, 1.54) is 51.4 Å². The van der Waals surface area contributed by atoms with E-state index in [0.717, 1.165) is 87.1 Å². The third kappa shape index (κ3) is 20.3. The quantitative estimate of drug-likeness (QED) is 0.0509. The highest BCUT2D eigenvalue weighted by atomic mass is 16.5. The minimum absolute atomic E-state index is 0.0299. The topological polar surface area (TPSA) is 163 Å². The maximum Gasteiger partial charge on any atom is 0.239 e. The van der Waals surface area contributed by atoms with Gasteiger partial charge in [0.25, 0.3) is 0 Å². The van der Waals surface area contributed by atoms with Crippen LogP contribution in [0, 0.1) is 0 Å². The van der Waals surface area contributed by atoms with E-state index in [9.17, 15) is 9.59 Å². The van der Waals surface area contributed by atoms with Crippen LogP contribution in [0.5, 0.6) is 11.5 Å². The summed E-state index contributed by atoms with van der Waals surface area (Å²) in [4.78, 5) is 30.7. The summed E-state index contributed by atoms with van der Waals surface area (Å²) >= 11 is 0. The summed E-state index contributed by atoms with van der Waals surface area (Å²) in [5, 5.41) is 0. The molecule has 8 N–H and O–H groups in total. The van der Waals surface area contributed by atoms with E-state index in [1.54, 1.807) is 0 Å². The van der Waals surface area contributed by atoms with Gasteiger partial charge in [-0.3, -0.25) is 9.59 Å². The number of rotatable bonds is 35. The first-order chi connectivity index (χ1) is 27.4. The summed E-state index contributed by atoms with van der Waals surface area (Å²) in [6.45, 7) is 9.29. The maximum atomic E-state index is 13.4. The Hall–Kier alpha value is -3.18. The molecule has 0 spiro atoms. The van der Waals surface area contributed by atoms with Crippen molar-refractivity contribution in [3.8, 4) is 22.6 Å². The van der Waals surface area contributed by atoms with Crippen molar-refractivity contribution in [3.05, 3.63) is 48.5 Å². The molecule has 2 aromatic rings. The van der Waals surface area contributed by atoms with Gasteiger partial charge in [-0.15, -0.1) is 0 Å². The second-order valence-electron chi connectivity index (χ2n) is 15.4. The van der Waals surface area contributed by atoms with Crippen molar-refractivity contribution in [3.63, 3.8) is 0 Å². The molecule has 0 aliphatic carbocycles. The third-order valence-corrected chi connectivity index (χ3v) is 10.5. The first-order valence-corrected chi connectivity index (χ1v) is 22.3. The monoisotopic (exact) mass is 781 g/mol. The van der Waals surface area contributed by atoms with E-state index < -0.39 is 12.1 Å². The van der Waals surface area contributed by atoms with E-state index in [1.807, 2.05) is 46.2 Å². The zero-order valence-corrected chi connectivity index (χ0v) is 35.4. The number of hydrogen-bond donors (Lipinski definition) is 4. The van der Waals surface area contributed by atoms with Crippen molar-refractivity contribution in [2.75, 3.05) is 52.5 Å². The summed E-state index contributed by atoms with van der Waals surface area (Å²) in [5.41, 5.74) is 26.0. The zero-order valence-electron chi connectivity index (χ0n) is 35.4.